The maximum Gasteiger partial charge on any atom is 0.325 e. The second-order valence-corrected chi connectivity index (χ2v) is 4.95. The number of nitrogens with two attached hydrogens (primary N) is 1. The van der Waals surface area contributed by atoms with Crippen LogP contribution in [0.2, 0.25) is 0 Å². The van der Waals surface area contributed by atoms with Crippen molar-refractivity contribution in [2.45, 2.75) is 13.0 Å². The lowest BCUT2D eigenvalue weighted by molar-refractivity contribution is -0.138. The molecule has 1 unspecified atom stereocenters. The summed E-state index contributed by atoms with van der Waals surface area (Å²) in [5.74, 6) is -1.01. The summed E-state index contributed by atoms with van der Waals surface area (Å²) in [5, 5.41) is 13.2. The predicted octanol–water partition coefficient (Wildman–Crippen LogP) is 3.39. The van der Waals surface area contributed by atoms with Crippen LogP contribution in [-0.2, 0) is 4.79 Å². The van der Waals surface area contributed by atoms with E-state index in [1.807, 2.05) is 48.5 Å². The summed E-state index contributed by atoms with van der Waals surface area (Å²) in [4.78, 5) is 11.3. The molecular weight excluding hydrogens is 250 g/mol. The Bertz CT molecular complexity index is 767. The smallest absolute Gasteiger partial charge is 0.325 e. The van der Waals surface area contributed by atoms with Gasteiger partial charge in [-0.25, -0.2) is 0 Å². The molecular formula is C17H15NO2. The van der Waals surface area contributed by atoms with Gasteiger partial charge in [-0.3, -0.25) is 4.79 Å². The molecule has 0 aliphatic carbocycles. The number of hydrogen-bond acceptors (Lipinski definition) is 2. The van der Waals surface area contributed by atoms with Gasteiger partial charge in [-0.15, -0.1) is 0 Å². The number of carboxylic acids is 1. The quantitative estimate of drug-likeness (QED) is 0.698. The fourth-order valence-electron chi connectivity index (χ4n) is 2.84. The van der Waals surface area contributed by atoms with E-state index in [9.17, 15) is 9.90 Å². The SMILES string of the molecule is Cc1c2ccccc2c(C(N)C(=O)O)c2ccccc12. The van der Waals surface area contributed by atoms with Gasteiger partial charge in [0.25, 0.3) is 0 Å². The molecule has 3 N–H and O–H groups in total. The van der Waals surface area contributed by atoms with Crippen LogP contribution in [0, 0.1) is 6.92 Å². The fraction of sp³-hybridized carbons (Fsp3) is 0.118. The minimum Gasteiger partial charge on any atom is -0.480 e. The van der Waals surface area contributed by atoms with Crippen LogP contribution in [0.4, 0.5) is 0 Å². The molecule has 0 heterocycles. The van der Waals surface area contributed by atoms with Gasteiger partial charge >= 0.3 is 5.97 Å². The van der Waals surface area contributed by atoms with Crippen molar-refractivity contribution in [2.75, 3.05) is 0 Å². The fourth-order valence-corrected chi connectivity index (χ4v) is 2.84. The van der Waals surface area contributed by atoms with Crippen molar-refractivity contribution >= 4 is 27.5 Å². The third kappa shape index (κ3) is 1.75. The summed E-state index contributed by atoms with van der Waals surface area (Å²) in [6, 6.07) is 14.6. The van der Waals surface area contributed by atoms with Crippen LogP contribution in [0.5, 0.6) is 0 Å². The number of hydrogen-bond donors (Lipinski definition) is 2. The van der Waals surface area contributed by atoms with Gasteiger partial charge in [0, 0.05) is 0 Å². The van der Waals surface area contributed by atoms with Gasteiger partial charge in [-0.1, -0.05) is 48.5 Å². The van der Waals surface area contributed by atoms with Gasteiger partial charge in [0.05, 0.1) is 0 Å². The molecule has 20 heavy (non-hydrogen) atoms. The van der Waals surface area contributed by atoms with Crippen LogP contribution in [-0.4, -0.2) is 11.1 Å². The topological polar surface area (TPSA) is 63.3 Å². The second-order valence-electron chi connectivity index (χ2n) is 4.95. The zero-order valence-corrected chi connectivity index (χ0v) is 11.1. The molecule has 3 aromatic carbocycles. The average Bonchev–Trinajstić information content (AvgIpc) is 2.47. The molecule has 0 amide bonds. The molecule has 0 spiro atoms. The largest absolute Gasteiger partial charge is 0.480 e. The number of carbonyl (C=O) groups is 1. The molecule has 0 aliphatic rings. The van der Waals surface area contributed by atoms with Crippen LogP contribution < -0.4 is 5.73 Å². The van der Waals surface area contributed by atoms with Crippen LogP contribution >= 0.6 is 0 Å². The molecule has 0 saturated heterocycles. The first kappa shape index (κ1) is 12.6. The molecule has 3 nitrogen and oxygen atoms in total. The Morgan fingerprint density at radius 3 is 1.75 bits per heavy atom. The van der Waals surface area contributed by atoms with E-state index in [0.717, 1.165) is 27.1 Å². The van der Waals surface area contributed by atoms with Gasteiger partial charge in [0.2, 0.25) is 0 Å². The average molecular weight is 265 g/mol. The predicted molar refractivity (Wildman–Crippen MR) is 80.8 cm³/mol. The normalized spacial score (nSPS) is 12.7. The number of rotatable bonds is 2. The summed E-state index contributed by atoms with van der Waals surface area (Å²) < 4.78 is 0. The van der Waals surface area contributed by atoms with E-state index >= 15 is 0 Å². The molecule has 0 aliphatic heterocycles. The highest BCUT2D eigenvalue weighted by atomic mass is 16.4. The van der Waals surface area contributed by atoms with Crippen LogP contribution in [0.15, 0.2) is 48.5 Å². The number of aryl methyl sites for hydroxylation is 1. The monoisotopic (exact) mass is 265 g/mol. The maximum absolute atomic E-state index is 11.3. The highest BCUT2D eigenvalue weighted by Crippen LogP contribution is 2.35. The number of carboxylic acid groups (broad SMARTS) is 1. The van der Waals surface area contributed by atoms with E-state index < -0.39 is 12.0 Å². The zero-order valence-electron chi connectivity index (χ0n) is 11.1. The summed E-state index contributed by atoms with van der Waals surface area (Å²) >= 11 is 0. The Morgan fingerprint density at radius 1 is 0.950 bits per heavy atom. The van der Waals surface area contributed by atoms with Crippen molar-refractivity contribution < 1.29 is 9.90 Å². The molecule has 0 fully saturated rings. The molecule has 0 aromatic heterocycles. The van der Waals surface area contributed by atoms with Gasteiger partial charge < -0.3 is 10.8 Å². The van der Waals surface area contributed by atoms with Crippen molar-refractivity contribution in [3.63, 3.8) is 0 Å². The third-order valence-electron chi connectivity index (χ3n) is 3.82. The zero-order chi connectivity index (χ0) is 14.3. The molecule has 100 valence electrons. The van der Waals surface area contributed by atoms with Crippen LogP contribution in [0.25, 0.3) is 21.5 Å². The van der Waals surface area contributed by atoms with Gasteiger partial charge in [0.15, 0.2) is 0 Å². The van der Waals surface area contributed by atoms with Gasteiger partial charge in [0.1, 0.15) is 6.04 Å². The van der Waals surface area contributed by atoms with Crippen molar-refractivity contribution in [1.29, 1.82) is 0 Å². The minimum atomic E-state index is -1.02. The summed E-state index contributed by atoms with van der Waals surface area (Å²) in [5.41, 5.74) is 7.76. The third-order valence-corrected chi connectivity index (χ3v) is 3.82. The van der Waals surface area contributed by atoms with Crippen molar-refractivity contribution in [3.8, 4) is 0 Å². The first-order valence-electron chi connectivity index (χ1n) is 6.49. The van der Waals surface area contributed by atoms with Gasteiger partial charge in [-0.05, 0) is 39.6 Å². The first-order valence-corrected chi connectivity index (χ1v) is 6.49. The van der Waals surface area contributed by atoms with Crippen molar-refractivity contribution in [3.05, 3.63) is 59.7 Å². The van der Waals surface area contributed by atoms with E-state index in [0.29, 0.717) is 5.56 Å². The number of fused-ring (bicyclic) bond motifs is 2. The molecule has 1 atom stereocenters. The highest BCUT2D eigenvalue weighted by Gasteiger charge is 2.21. The van der Waals surface area contributed by atoms with E-state index in [4.69, 9.17) is 5.73 Å². The molecule has 3 aromatic rings. The Morgan fingerprint density at radius 2 is 1.35 bits per heavy atom. The first-order chi connectivity index (χ1) is 9.61. The van der Waals surface area contributed by atoms with E-state index in [-0.39, 0.29) is 0 Å². The second kappa shape index (κ2) is 4.62. The Labute approximate surface area is 116 Å². The molecule has 0 saturated carbocycles. The summed E-state index contributed by atoms with van der Waals surface area (Å²) in [7, 11) is 0. The highest BCUT2D eigenvalue weighted by molar-refractivity contribution is 6.07. The van der Waals surface area contributed by atoms with Crippen LogP contribution in [0.1, 0.15) is 17.2 Å². The Kier molecular flexibility index (Phi) is 2.92. The number of aliphatic carboxylic acids is 1. The van der Waals surface area contributed by atoms with E-state index in [1.165, 1.54) is 0 Å². The lowest BCUT2D eigenvalue weighted by Gasteiger charge is -2.17. The molecule has 0 bridgehead atoms. The van der Waals surface area contributed by atoms with E-state index in [2.05, 4.69) is 6.92 Å². The van der Waals surface area contributed by atoms with Crippen molar-refractivity contribution in [1.82, 2.24) is 0 Å². The Hall–Kier alpha value is -2.39. The Balaban J connectivity index is 2.56. The van der Waals surface area contributed by atoms with Crippen LogP contribution in [0.3, 0.4) is 0 Å². The maximum atomic E-state index is 11.3. The molecule has 3 heteroatoms. The molecule has 0 radical (unpaired) electrons. The lowest BCUT2D eigenvalue weighted by Crippen LogP contribution is -2.21. The van der Waals surface area contributed by atoms with Crippen molar-refractivity contribution in [2.24, 2.45) is 5.73 Å². The molecule has 3 rings (SSSR count). The summed E-state index contributed by atoms with van der Waals surface area (Å²) in [6.07, 6.45) is 0. The standard InChI is InChI=1S/C17H15NO2/c1-10-11-6-2-4-8-13(11)15(16(18)17(19)20)14-9-5-3-7-12(10)14/h2-9,16H,18H2,1H3,(H,19,20). The van der Waals surface area contributed by atoms with Gasteiger partial charge in [-0.2, -0.15) is 0 Å². The summed E-state index contributed by atoms with van der Waals surface area (Å²) in [6.45, 7) is 2.06. The number of benzene rings is 3. The lowest BCUT2D eigenvalue weighted by atomic mass is 9.89. The minimum absolute atomic E-state index is 0.689. The van der Waals surface area contributed by atoms with E-state index in [1.54, 1.807) is 0 Å².